The molecule has 1 aromatic rings. The van der Waals surface area contributed by atoms with Gasteiger partial charge in [-0.2, -0.15) is 0 Å². The fraction of sp³-hybridized carbons (Fsp3) is 0.524. The SMILES string of the molecule is C=CCc1cc(C)cc(C)c1OCCN1CCN(CC)CC1.O=C(O)C(=O)O. The van der Waals surface area contributed by atoms with Crippen LogP contribution >= 0.6 is 0 Å². The first-order valence-electron chi connectivity index (χ1n) is 9.53. The van der Waals surface area contributed by atoms with E-state index in [1.165, 1.54) is 29.8 Å². The number of carboxylic acid groups (broad SMARTS) is 2. The van der Waals surface area contributed by atoms with Gasteiger partial charge >= 0.3 is 11.9 Å². The van der Waals surface area contributed by atoms with Gasteiger partial charge in [-0.25, -0.2) is 9.59 Å². The molecule has 0 spiro atoms. The Kier molecular flexibility index (Phi) is 10.3. The third kappa shape index (κ3) is 8.10. The fourth-order valence-corrected chi connectivity index (χ4v) is 3.16. The van der Waals surface area contributed by atoms with Crippen molar-refractivity contribution in [1.82, 2.24) is 9.80 Å². The molecular weight excluding hydrogens is 360 g/mol. The van der Waals surface area contributed by atoms with E-state index < -0.39 is 11.9 Å². The molecule has 0 aromatic heterocycles. The maximum absolute atomic E-state index is 9.10. The topological polar surface area (TPSA) is 90.3 Å². The van der Waals surface area contributed by atoms with Crippen LogP contribution in [0.4, 0.5) is 0 Å². The van der Waals surface area contributed by atoms with Gasteiger partial charge in [0.15, 0.2) is 0 Å². The zero-order chi connectivity index (χ0) is 21.1. The molecule has 28 heavy (non-hydrogen) atoms. The summed E-state index contributed by atoms with van der Waals surface area (Å²) in [6, 6.07) is 4.41. The van der Waals surface area contributed by atoms with Gasteiger partial charge in [-0.3, -0.25) is 4.90 Å². The van der Waals surface area contributed by atoms with E-state index in [1.54, 1.807) is 0 Å². The standard InChI is InChI=1S/C19H30N2O.C2H2O4/c1-5-7-18-15-16(3)14-17(4)19(18)22-13-12-21-10-8-20(6-2)9-11-21;3-1(4)2(5)6/h5,14-15H,1,6-13H2,2-4H3;(H,3,4)(H,5,6). The monoisotopic (exact) mass is 392 g/mol. The molecule has 156 valence electrons. The van der Waals surface area contributed by atoms with Gasteiger partial charge in [0, 0.05) is 32.7 Å². The van der Waals surface area contributed by atoms with Crippen LogP contribution in [0.2, 0.25) is 0 Å². The van der Waals surface area contributed by atoms with Crippen molar-refractivity contribution in [3.05, 3.63) is 41.5 Å². The number of allylic oxidation sites excluding steroid dienone is 1. The molecule has 0 bridgehead atoms. The highest BCUT2D eigenvalue weighted by molar-refractivity contribution is 6.27. The molecule has 7 heteroatoms. The number of piperazine rings is 1. The summed E-state index contributed by atoms with van der Waals surface area (Å²) in [4.78, 5) is 23.2. The normalized spacial score (nSPS) is 14.7. The Morgan fingerprint density at radius 1 is 1.11 bits per heavy atom. The highest BCUT2D eigenvalue weighted by Gasteiger charge is 2.15. The molecule has 1 aliphatic heterocycles. The predicted molar refractivity (Wildman–Crippen MR) is 109 cm³/mol. The molecule has 2 rings (SSSR count). The minimum Gasteiger partial charge on any atom is -0.492 e. The number of carboxylic acids is 2. The molecular formula is C21H32N2O5. The van der Waals surface area contributed by atoms with Crippen molar-refractivity contribution in [3.63, 3.8) is 0 Å². The third-order valence-electron chi connectivity index (χ3n) is 4.61. The van der Waals surface area contributed by atoms with Crippen molar-refractivity contribution < 1.29 is 24.5 Å². The fourth-order valence-electron chi connectivity index (χ4n) is 3.16. The predicted octanol–water partition coefficient (Wildman–Crippen LogP) is 2.20. The van der Waals surface area contributed by atoms with Crippen LogP contribution < -0.4 is 4.74 Å². The lowest BCUT2D eigenvalue weighted by Gasteiger charge is -2.33. The molecule has 0 amide bonds. The van der Waals surface area contributed by atoms with Crippen LogP contribution in [0.25, 0.3) is 0 Å². The number of aliphatic carboxylic acids is 2. The Balaban J connectivity index is 0.000000568. The summed E-state index contributed by atoms with van der Waals surface area (Å²) in [5.74, 6) is -2.59. The molecule has 1 saturated heterocycles. The van der Waals surface area contributed by atoms with Crippen molar-refractivity contribution in [1.29, 1.82) is 0 Å². The Morgan fingerprint density at radius 2 is 1.68 bits per heavy atom. The summed E-state index contributed by atoms with van der Waals surface area (Å²) in [6.45, 7) is 18.0. The number of benzene rings is 1. The van der Waals surface area contributed by atoms with Crippen molar-refractivity contribution in [2.75, 3.05) is 45.9 Å². The maximum Gasteiger partial charge on any atom is 0.414 e. The number of rotatable bonds is 7. The Hall–Kier alpha value is -2.38. The van der Waals surface area contributed by atoms with Crippen LogP contribution in [-0.2, 0) is 16.0 Å². The minimum absolute atomic E-state index is 0.764. The van der Waals surface area contributed by atoms with Crippen molar-refractivity contribution in [3.8, 4) is 5.75 Å². The summed E-state index contributed by atoms with van der Waals surface area (Å²) < 4.78 is 6.13. The number of carbonyl (C=O) groups is 2. The second-order valence-electron chi connectivity index (χ2n) is 6.80. The molecule has 0 radical (unpaired) electrons. The quantitative estimate of drug-likeness (QED) is 0.543. The average Bonchev–Trinajstić information content (AvgIpc) is 2.65. The van der Waals surface area contributed by atoms with E-state index in [0.29, 0.717) is 0 Å². The van der Waals surface area contributed by atoms with Crippen molar-refractivity contribution in [2.45, 2.75) is 27.2 Å². The van der Waals surface area contributed by atoms with Gasteiger partial charge in [0.2, 0.25) is 0 Å². The van der Waals surface area contributed by atoms with Crippen LogP contribution in [0, 0.1) is 13.8 Å². The third-order valence-corrected chi connectivity index (χ3v) is 4.61. The molecule has 0 saturated carbocycles. The van der Waals surface area contributed by atoms with E-state index >= 15 is 0 Å². The second-order valence-corrected chi connectivity index (χ2v) is 6.80. The van der Waals surface area contributed by atoms with E-state index in [0.717, 1.165) is 45.0 Å². The van der Waals surface area contributed by atoms with Crippen molar-refractivity contribution in [2.24, 2.45) is 0 Å². The minimum atomic E-state index is -1.82. The number of ether oxygens (including phenoxy) is 1. The van der Waals surface area contributed by atoms with E-state index in [2.05, 4.69) is 49.3 Å². The molecule has 0 unspecified atom stereocenters. The van der Waals surface area contributed by atoms with Gasteiger partial charge in [-0.05, 0) is 37.9 Å². The first-order valence-corrected chi connectivity index (χ1v) is 9.53. The van der Waals surface area contributed by atoms with E-state index in [-0.39, 0.29) is 0 Å². The molecule has 1 aliphatic rings. The van der Waals surface area contributed by atoms with E-state index in [9.17, 15) is 0 Å². The molecule has 1 heterocycles. The zero-order valence-electron chi connectivity index (χ0n) is 17.1. The highest BCUT2D eigenvalue weighted by Crippen LogP contribution is 2.26. The molecule has 2 N–H and O–H groups in total. The lowest BCUT2D eigenvalue weighted by molar-refractivity contribution is -0.159. The summed E-state index contributed by atoms with van der Waals surface area (Å²) in [5, 5.41) is 14.8. The Morgan fingerprint density at radius 3 is 2.18 bits per heavy atom. The molecule has 1 fully saturated rings. The van der Waals surface area contributed by atoms with Gasteiger partial charge < -0.3 is 19.8 Å². The second kappa shape index (κ2) is 12.2. The number of likely N-dealkylation sites (N-methyl/N-ethyl adjacent to an activating group) is 1. The van der Waals surface area contributed by atoms with Gasteiger partial charge in [-0.1, -0.05) is 30.7 Å². The average molecular weight is 392 g/mol. The van der Waals surface area contributed by atoms with Crippen LogP contribution in [0.3, 0.4) is 0 Å². The number of hydrogen-bond donors (Lipinski definition) is 2. The Labute approximate surface area is 167 Å². The van der Waals surface area contributed by atoms with Gasteiger partial charge in [-0.15, -0.1) is 6.58 Å². The Bertz CT molecular complexity index is 655. The van der Waals surface area contributed by atoms with E-state index in [1.807, 2.05) is 6.08 Å². The van der Waals surface area contributed by atoms with Gasteiger partial charge in [0.25, 0.3) is 0 Å². The molecule has 0 aliphatic carbocycles. The zero-order valence-corrected chi connectivity index (χ0v) is 17.1. The van der Waals surface area contributed by atoms with Crippen LogP contribution in [0.1, 0.15) is 23.6 Å². The van der Waals surface area contributed by atoms with E-state index in [4.69, 9.17) is 24.5 Å². The highest BCUT2D eigenvalue weighted by atomic mass is 16.5. The largest absolute Gasteiger partial charge is 0.492 e. The summed E-state index contributed by atoms with van der Waals surface area (Å²) in [6.07, 6.45) is 2.82. The van der Waals surface area contributed by atoms with Crippen LogP contribution in [-0.4, -0.2) is 77.8 Å². The summed E-state index contributed by atoms with van der Waals surface area (Å²) in [5.41, 5.74) is 3.77. The van der Waals surface area contributed by atoms with Crippen LogP contribution in [0.5, 0.6) is 5.75 Å². The lowest BCUT2D eigenvalue weighted by Crippen LogP contribution is -2.47. The van der Waals surface area contributed by atoms with Gasteiger partial charge in [0.1, 0.15) is 12.4 Å². The number of aryl methyl sites for hydroxylation is 2. The smallest absolute Gasteiger partial charge is 0.414 e. The molecule has 7 nitrogen and oxygen atoms in total. The molecule has 0 atom stereocenters. The number of hydrogen-bond acceptors (Lipinski definition) is 5. The first-order chi connectivity index (χ1) is 13.3. The maximum atomic E-state index is 9.10. The van der Waals surface area contributed by atoms with Crippen LogP contribution in [0.15, 0.2) is 24.8 Å². The van der Waals surface area contributed by atoms with Gasteiger partial charge in [0.05, 0.1) is 0 Å². The summed E-state index contributed by atoms with van der Waals surface area (Å²) >= 11 is 0. The molecule has 1 aromatic carbocycles. The summed E-state index contributed by atoms with van der Waals surface area (Å²) in [7, 11) is 0. The number of nitrogens with zero attached hydrogens (tertiary/aromatic N) is 2. The lowest BCUT2D eigenvalue weighted by atomic mass is 10.0. The van der Waals surface area contributed by atoms with Crippen molar-refractivity contribution >= 4 is 11.9 Å². The first kappa shape index (κ1) is 23.7.